The molecule has 0 aliphatic heterocycles. The minimum atomic E-state index is 0.163. The number of hydrogen-bond acceptors (Lipinski definition) is 2. The van der Waals surface area contributed by atoms with E-state index >= 15 is 0 Å². The highest BCUT2D eigenvalue weighted by Gasteiger charge is 2.37. The van der Waals surface area contributed by atoms with Crippen LogP contribution in [0.1, 0.15) is 62.8 Å². The Labute approximate surface area is 322 Å². The molecule has 7 aromatic carbocycles. The fraction of sp³-hybridized carbons (Fsp3) is 0.192. The molecule has 7 aromatic rings. The highest BCUT2D eigenvalue weighted by atomic mass is 15.1. The van der Waals surface area contributed by atoms with Crippen LogP contribution in [0.4, 0.5) is 34.1 Å². The van der Waals surface area contributed by atoms with Crippen LogP contribution in [0.5, 0.6) is 0 Å². The minimum Gasteiger partial charge on any atom is -0.310 e. The number of hydrogen-bond donors (Lipinski definition) is 0. The Morgan fingerprint density at radius 3 is 1.28 bits per heavy atom. The van der Waals surface area contributed by atoms with E-state index in [4.69, 9.17) is 0 Å². The Morgan fingerprint density at radius 1 is 0.333 bits per heavy atom. The molecule has 8 rings (SSSR count). The maximum Gasteiger partial charge on any atom is 0.0467 e. The molecule has 0 aromatic heterocycles. The molecule has 0 spiro atoms. The summed E-state index contributed by atoms with van der Waals surface area (Å²) in [7, 11) is 0. The van der Waals surface area contributed by atoms with Gasteiger partial charge in [0, 0.05) is 34.1 Å². The molecule has 268 valence electrons. The van der Waals surface area contributed by atoms with Gasteiger partial charge in [0.15, 0.2) is 0 Å². The second-order valence-corrected chi connectivity index (χ2v) is 16.4. The molecule has 0 saturated carbocycles. The normalized spacial score (nSPS) is 14.3. The average molecular weight is 703 g/mol. The number of benzene rings is 7. The molecule has 0 radical (unpaired) electrons. The largest absolute Gasteiger partial charge is 0.310 e. The maximum atomic E-state index is 2.46. The highest BCUT2D eigenvalue weighted by molar-refractivity contribution is 5.83. The summed E-state index contributed by atoms with van der Waals surface area (Å²) >= 11 is 0. The zero-order chi connectivity index (χ0) is 37.5. The Hall–Kier alpha value is -5.86. The summed E-state index contributed by atoms with van der Waals surface area (Å²) in [4.78, 5) is 4.70. The minimum absolute atomic E-state index is 0.163. The zero-order valence-electron chi connectivity index (χ0n) is 32.5. The van der Waals surface area contributed by atoms with Crippen LogP contribution in [0.3, 0.4) is 0 Å². The van der Waals surface area contributed by atoms with Crippen LogP contribution in [0.2, 0.25) is 0 Å². The van der Waals surface area contributed by atoms with Gasteiger partial charge in [-0.05, 0) is 155 Å². The van der Waals surface area contributed by atoms with Gasteiger partial charge < -0.3 is 9.80 Å². The van der Waals surface area contributed by atoms with E-state index in [2.05, 4.69) is 221 Å². The van der Waals surface area contributed by atoms with Crippen LogP contribution >= 0.6 is 0 Å². The van der Waals surface area contributed by atoms with Crippen molar-refractivity contribution in [2.24, 2.45) is 0 Å². The second kappa shape index (κ2) is 14.2. The molecule has 0 N–H and O–H groups in total. The Kier molecular flexibility index (Phi) is 9.24. The van der Waals surface area contributed by atoms with Crippen LogP contribution in [0, 0.1) is 13.8 Å². The van der Waals surface area contributed by atoms with Crippen LogP contribution in [-0.4, -0.2) is 0 Å². The molecule has 2 nitrogen and oxygen atoms in total. The van der Waals surface area contributed by atoms with Crippen LogP contribution in [-0.2, 0) is 10.8 Å². The van der Waals surface area contributed by atoms with Crippen molar-refractivity contribution < 1.29 is 0 Å². The molecule has 0 unspecified atom stereocenters. The van der Waals surface area contributed by atoms with Crippen molar-refractivity contribution in [2.75, 3.05) is 9.80 Å². The molecule has 1 aliphatic carbocycles. The molecule has 0 atom stereocenters. The van der Waals surface area contributed by atoms with Gasteiger partial charge in [-0.15, -0.1) is 0 Å². The summed E-state index contributed by atoms with van der Waals surface area (Å²) in [6.07, 6.45) is 2.43. The number of anilines is 6. The lowest BCUT2D eigenvalue weighted by atomic mass is 9.63. The lowest BCUT2D eigenvalue weighted by molar-refractivity contribution is 0.332. The van der Waals surface area contributed by atoms with Gasteiger partial charge in [-0.2, -0.15) is 0 Å². The third-order valence-corrected chi connectivity index (χ3v) is 11.4. The van der Waals surface area contributed by atoms with Crippen molar-refractivity contribution in [2.45, 2.75) is 65.2 Å². The van der Waals surface area contributed by atoms with Gasteiger partial charge in [0.2, 0.25) is 0 Å². The molecule has 0 heterocycles. The number of aryl methyl sites for hydroxylation is 2. The second-order valence-electron chi connectivity index (χ2n) is 16.4. The van der Waals surface area contributed by atoms with Crippen molar-refractivity contribution in [1.29, 1.82) is 0 Å². The van der Waals surface area contributed by atoms with Crippen molar-refractivity contribution in [3.8, 4) is 22.3 Å². The highest BCUT2D eigenvalue weighted by Crippen LogP contribution is 2.47. The molecule has 0 amide bonds. The standard InChI is InChI=1S/C52H50N2/c1-37-13-10-18-46(33-37)53(43-16-8-7-9-17-43)44-26-21-39(22-27-44)40-23-28-45(29-24-40)54(47-19-11-14-38(2)34-47)48-20-12-15-41(35-48)42-25-30-49-50(36-42)52(5,6)32-31-51(49,3)4/h7-30,33-36H,31-32H2,1-6H3. The van der Waals surface area contributed by atoms with Crippen molar-refractivity contribution in [3.63, 3.8) is 0 Å². The fourth-order valence-electron chi connectivity index (χ4n) is 8.20. The molecule has 0 fully saturated rings. The van der Waals surface area contributed by atoms with Gasteiger partial charge in [-0.25, -0.2) is 0 Å². The third-order valence-electron chi connectivity index (χ3n) is 11.4. The quantitative estimate of drug-likeness (QED) is 0.156. The average Bonchev–Trinajstić information content (AvgIpc) is 3.18. The number of fused-ring (bicyclic) bond motifs is 1. The SMILES string of the molecule is Cc1cccc(N(c2ccccc2)c2ccc(-c3ccc(N(c4cccc(C)c4)c4cccc(-c5ccc6c(c5)C(C)(C)CCC6(C)C)c4)cc3)cc2)c1. The van der Waals surface area contributed by atoms with E-state index in [1.165, 1.54) is 57.3 Å². The Bertz CT molecular complexity index is 2400. The Morgan fingerprint density at radius 2 is 0.741 bits per heavy atom. The predicted molar refractivity (Wildman–Crippen MR) is 231 cm³/mol. The van der Waals surface area contributed by atoms with Crippen molar-refractivity contribution >= 4 is 34.1 Å². The van der Waals surface area contributed by atoms with E-state index in [-0.39, 0.29) is 10.8 Å². The molecule has 1 aliphatic rings. The summed E-state index contributed by atoms with van der Waals surface area (Å²) < 4.78 is 0. The van der Waals surface area contributed by atoms with E-state index in [1.54, 1.807) is 0 Å². The van der Waals surface area contributed by atoms with Gasteiger partial charge in [0.1, 0.15) is 0 Å². The first-order valence-electron chi connectivity index (χ1n) is 19.3. The fourth-order valence-corrected chi connectivity index (χ4v) is 8.20. The number of rotatable bonds is 8. The monoisotopic (exact) mass is 702 g/mol. The summed E-state index contributed by atoms with van der Waals surface area (Å²) in [6, 6.07) is 62.2. The smallest absolute Gasteiger partial charge is 0.0467 e. The van der Waals surface area contributed by atoms with E-state index in [1.807, 2.05) is 0 Å². The van der Waals surface area contributed by atoms with E-state index in [0.29, 0.717) is 0 Å². The number of para-hydroxylation sites is 1. The third kappa shape index (κ3) is 6.97. The van der Waals surface area contributed by atoms with Gasteiger partial charge in [0.05, 0.1) is 0 Å². The first kappa shape index (κ1) is 35.2. The van der Waals surface area contributed by atoms with Crippen LogP contribution in [0.15, 0.2) is 170 Å². The molecule has 2 heteroatoms. The van der Waals surface area contributed by atoms with Crippen LogP contribution < -0.4 is 9.80 Å². The predicted octanol–water partition coefficient (Wildman–Crippen LogP) is 14.9. The lowest BCUT2D eigenvalue weighted by Gasteiger charge is -2.42. The van der Waals surface area contributed by atoms with E-state index in [0.717, 1.165) is 34.1 Å². The van der Waals surface area contributed by atoms with Crippen molar-refractivity contribution in [3.05, 3.63) is 192 Å². The summed E-state index contributed by atoms with van der Waals surface area (Å²) in [5.41, 5.74) is 17.5. The molecular formula is C52H50N2. The van der Waals surface area contributed by atoms with E-state index in [9.17, 15) is 0 Å². The van der Waals surface area contributed by atoms with Gasteiger partial charge >= 0.3 is 0 Å². The lowest BCUT2D eigenvalue weighted by Crippen LogP contribution is -2.33. The summed E-state index contributed by atoms with van der Waals surface area (Å²) in [5, 5.41) is 0. The van der Waals surface area contributed by atoms with Gasteiger partial charge in [-0.1, -0.05) is 125 Å². The van der Waals surface area contributed by atoms with E-state index < -0.39 is 0 Å². The molecule has 0 saturated heterocycles. The molecule has 0 bridgehead atoms. The zero-order valence-corrected chi connectivity index (χ0v) is 32.5. The van der Waals surface area contributed by atoms with Crippen LogP contribution in [0.25, 0.3) is 22.3 Å². The van der Waals surface area contributed by atoms with Gasteiger partial charge in [-0.3, -0.25) is 0 Å². The Balaban J connectivity index is 1.13. The molecular weight excluding hydrogens is 653 g/mol. The molecule has 54 heavy (non-hydrogen) atoms. The summed E-state index contributed by atoms with van der Waals surface area (Å²) in [5.74, 6) is 0. The topological polar surface area (TPSA) is 6.48 Å². The first-order chi connectivity index (χ1) is 26.1. The maximum absolute atomic E-state index is 2.46. The van der Waals surface area contributed by atoms with Gasteiger partial charge in [0.25, 0.3) is 0 Å². The summed E-state index contributed by atoms with van der Waals surface area (Å²) in [6.45, 7) is 13.9. The first-order valence-corrected chi connectivity index (χ1v) is 19.3. The number of nitrogens with zero attached hydrogens (tertiary/aromatic N) is 2. The van der Waals surface area contributed by atoms with Crippen molar-refractivity contribution in [1.82, 2.24) is 0 Å².